The second-order valence-electron chi connectivity index (χ2n) is 5.28. The maximum absolute atomic E-state index is 12.1. The zero-order chi connectivity index (χ0) is 14.0. The molecule has 102 valence electrons. The van der Waals surface area contributed by atoms with Gasteiger partial charge in [0, 0.05) is 11.6 Å². The second kappa shape index (κ2) is 5.43. The van der Waals surface area contributed by atoms with Crippen LogP contribution in [0.2, 0.25) is 0 Å². The molecular weight excluding hydrogens is 242 g/mol. The minimum absolute atomic E-state index is 0.0579. The largest absolute Gasteiger partial charge is 0.481 e. The predicted octanol–water partition coefficient (Wildman–Crippen LogP) is 2.74. The van der Waals surface area contributed by atoms with Crippen molar-refractivity contribution in [2.45, 2.75) is 33.1 Å². The van der Waals surface area contributed by atoms with E-state index in [1.54, 1.807) is 0 Å². The van der Waals surface area contributed by atoms with Gasteiger partial charge in [0.25, 0.3) is 0 Å². The summed E-state index contributed by atoms with van der Waals surface area (Å²) in [5, 5.41) is 11.9. The molecule has 0 saturated heterocycles. The number of carbonyl (C=O) groups excluding carboxylic acids is 1. The molecule has 0 heterocycles. The van der Waals surface area contributed by atoms with Crippen molar-refractivity contribution in [2.24, 2.45) is 11.8 Å². The molecule has 0 radical (unpaired) electrons. The van der Waals surface area contributed by atoms with Crippen LogP contribution in [-0.2, 0) is 9.59 Å². The van der Waals surface area contributed by atoms with Gasteiger partial charge in [0.15, 0.2) is 0 Å². The molecule has 1 aliphatic rings. The lowest BCUT2D eigenvalue weighted by molar-refractivity contribution is -0.141. The number of aliphatic carboxylic acids is 1. The lowest BCUT2D eigenvalue weighted by Gasteiger charge is -2.13. The van der Waals surface area contributed by atoms with Crippen molar-refractivity contribution in [3.63, 3.8) is 0 Å². The van der Waals surface area contributed by atoms with E-state index >= 15 is 0 Å². The van der Waals surface area contributed by atoms with Crippen LogP contribution in [0.3, 0.4) is 0 Å². The fourth-order valence-electron chi connectivity index (χ4n) is 2.57. The van der Waals surface area contributed by atoms with Crippen LogP contribution in [0.4, 0.5) is 5.69 Å². The summed E-state index contributed by atoms with van der Waals surface area (Å²) in [6.07, 6.45) is 1.71. The summed E-state index contributed by atoms with van der Waals surface area (Å²) < 4.78 is 0. The highest BCUT2D eigenvalue weighted by Crippen LogP contribution is 2.32. The minimum atomic E-state index is -0.790. The molecule has 1 aromatic rings. The third-order valence-corrected chi connectivity index (χ3v) is 4.02. The first kappa shape index (κ1) is 13.6. The average Bonchev–Trinajstić information content (AvgIpc) is 2.84. The number of carbonyl (C=O) groups is 2. The molecule has 0 aliphatic heterocycles. The highest BCUT2D eigenvalue weighted by molar-refractivity contribution is 5.94. The lowest BCUT2D eigenvalue weighted by atomic mass is 10.0. The smallest absolute Gasteiger partial charge is 0.306 e. The Morgan fingerprint density at radius 1 is 1.21 bits per heavy atom. The molecule has 0 aromatic heterocycles. The first-order chi connectivity index (χ1) is 8.99. The number of benzene rings is 1. The number of anilines is 1. The number of hydrogen-bond acceptors (Lipinski definition) is 2. The van der Waals surface area contributed by atoms with E-state index in [1.807, 2.05) is 32.0 Å². The van der Waals surface area contributed by atoms with E-state index in [-0.39, 0.29) is 17.7 Å². The molecular formula is C15H19NO3. The van der Waals surface area contributed by atoms with Crippen LogP contribution in [0.25, 0.3) is 0 Å². The standard InChI is InChI=1S/C15H19NO3/c1-9-4-3-5-13(10(9)2)16-14(17)11-6-7-12(8-11)15(18)19/h3-5,11-12H,6-8H2,1-2H3,(H,16,17)(H,18,19)/t11-,12+/m1/s1. The number of carboxylic acids is 1. The Hall–Kier alpha value is -1.84. The van der Waals surface area contributed by atoms with Crippen LogP contribution >= 0.6 is 0 Å². The van der Waals surface area contributed by atoms with Crippen molar-refractivity contribution in [3.05, 3.63) is 29.3 Å². The molecule has 2 rings (SSSR count). The molecule has 2 N–H and O–H groups in total. The Morgan fingerprint density at radius 2 is 1.89 bits per heavy atom. The van der Waals surface area contributed by atoms with Crippen molar-refractivity contribution < 1.29 is 14.7 Å². The molecule has 0 unspecified atom stereocenters. The quantitative estimate of drug-likeness (QED) is 0.879. The summed E-state index contributed by atoms with van der Waals surface area (Å²) in [4.78, 5) is 23.0. The maximum atomic E-state index is 12.1. The molecule has 2 atom stereocenters. The molecule has 0 bridgehead atoms. The van der Waals surface area contributed by atoms with Gasteiger partial charge in [-0.05, 0) is 50.3 Å². The Labute approximate surface area is 112 Å². The van der Waals surface area contributed by atoms with Crippen LogP contribution in [-0.4, -0.2) is 17.0 Å². The number of carboxylic acid groups (broad SMARTS) is 1. The van der Waals surface area contributed by atoms with Crippen molar-refractivity contribution in [1.82, 2.24) is 0 Å². The van der Waals surface area contributed by atoms with Gasteiger partial charge < -0.3 is 10.4 Å². The van der Waals surface area contributed by atoms with Gasteiger partial charge in [-0.15, -0.1) is 0 Å². The molecule has 0 spiro atoms. The second-order valence-corrected chi connectivity index (χ2v) is 5.28. The van der Waals surface area contributed by atoms with E-state index in [2.05, 4.69) is 5.32 Å². The highest BCUT2D eigenvalue weighted by Gasteiger charge is 2.33. The van der Waals surface area contributed by atoms with Crippen molar-refractivity contribution in [2.75, 3.05) is 5.32 Å². The van der Waals surface area contributed by atoms with E-state index in [0.717, 1.165) is 16.8 Å². The number of nitrogens with one attached hydrogen (secondary N) is 1. The Balaban J connectivity index is 2.02. The third kappa shape index (κ3) is 2.95. The number of rotatable bonds is 3. The van der Waals surface area contributed by atoms with Gasteiger partial charge >= 0.3 is 5.97 Å². The zero-order valence-corrected chi connectivity index (χ0v) is 11.3. The molecule has 1 saturated carbocycles. The fourth-order valence-corrected chi connectivity index (χ4v) is 2.57. The van der Waals surface area contributed by atoms with Gasteiger partial charge in [0.05, 0.1) is 5.92 Å². The van der Waals surface area contributed by atoms with E-state index in [0.29, 0.717) is 19.3 Å². The first-order valence-corrected chi connectivity index (χ1v) is 6.59. The molecule has 1 aromatic carbocycles. The lowest BCUT2D eigenvalue weighted by Crippen LogP contribution is -2.22. The van der Waals surface area contributed by atoms with E-state index in [4.69, 9.17) is 5.11 Å². The van der Waals surface area contributed by atoms with E-state index < -0.39 is 5.97 Å². The van der Waals surface area contributed by atoms with Crippen molar-refractivity contribution in [3.8, 4) is 0 Å². The highest BCUT2D eigenvalue weighted by atomic mass is 16.4. The Kier molecular flexibility index (Phi) is 3.88. The average molecular weight is 261 g/mol. The molecule has 1 amide bonds. The molecule has 4 heteroatoms. The minimum Gasteiger partial charge on any atom is -0.481 e. The van der Waals surface area contributed by atoms with Crippen LogP contribution in [0.15, 0.2) is 18.2 Å². The summed E-state index contributed by atoms with van der Waals surface area (Å²) in [6, 6.07) is 5.79. The summed E-state index contributed by atoms with van der Waals surface area (Å²) in [5.41, 5.74) is 3.01. The summed E-state index contributed by atoms with van der Waals surface area (Å²) in [6.45, 7) is 3.97. The Morgan fingerprint density at radius 3 is 2.53 bits per heavy atom. The van der Waals surface area contributed by atoms with Crippen molar-refractivity contribution in [1.29, 1.82) is 0 Å². The first-order valence-electron chi connectivity index (χ1n) is 6.59. The van der Waals surface area contributed by atoms with Crippen LogP contribution < -0.4 is 5.32 Å². The normalized spacial score (nSPS) is 22.2. The maximum Gasteiger partial charge on any atom is 0.306 e. The number of aryl methyl sites for hydroxylation is 1. The van der Waals surface area contributed by atoms with Gasteiger partial charge in [0.2, 0.25) is 5.91 Å². The monoisotopic (exact) mass is 261 g/mol. The Bertz CT molecular complexity index is 510. The predicted molar refractivity (Wildman–Crippen MR) is 73.0 cm³/mol. The topological polar surface area (TPSA) is 66.4 Å². The van der Waals surface area contributed by atoms with Gasteiger partial charge in [-0.25, -0.2) is 0 Å². The summed E-state index contributed by atoms with van der Waals surface area (Å²) in [5.74, 6) is -1.39. The van der Waals surface area contributed by atoms with Crippen LogP contribution in [0.5, 0.6) is 0 Å². The van der Waals surface area contributed by atoms with Crippen molar-refractivity contribution >= 4 is 17.6 Å². The van der Waals surface area contributed by atoms with Gasteiger partial charge in [0.1, 0.15) is 0 Å². The third-order valence-electron chi connectivity index (χ3n) is 4.02. The van der Waals surface area contributed by atoms with E-state index in [9.17, 15) is 9.59 Å². The molecule has 1 aliphatic carbocycles. The van der Waals surface area contributed by atoms with Gasteiger partial charge in [-0.1, -0.05) is 12.1 Å². The van der Waals surface area contributed by atoms with Gasteiger partial charge in [-0.3, -0.25) is 9.59 Å². The fraction of sp³-hybridized carbons (Fsp3) is 0.467. The molecule has 19 heavy (non-hydrogen) atoms. The van der Waals surface area contributed by atoms with Gasteiger partial charge in [-0.2, -0.15) is 0 Å². The molecule has 4 nitrogen and oxygen atoms in total. The summed E-state index contributed by atoms with van der Waals surface area (Å²) >= 11 is 0. The number of hydrogen-bond donors (Lipinski definition) is 2. The zero-order valence-electron chi connectivity index (χ0n) is 11.3. The SMILES string of the molecule is Cc1cccc(NC(=O)[C@@H]2CC[C@H](C(=O)O)C2)c1C. The van der Waals surface area contributed by atoms with Crippen LogP contribution in [0, 0.1) is 25.7 Å². The number of amides is 1. The molecule has 1 fully saturated rings. The summed E-state index contributed by atoms with van der Waals surface area (Å²) in [7, 11) is 0. The van der Waals surface area contributed by atoms with Crippen LogP contribution in [0.1, 0.15) is 30.4 Å². The van der Waals surface area contributed by atoms with E-state index in [1.165, 1.54) is 0 Å².